The fourth-order valence-electron chi connectivity index (χ4n) is 1.26. The number of halogens is 1. The van der Waals surface area contributed by atoms with Crippen LogP contribution in [0, 0.1) is 0 Å². The summed E-state index contributed by atoms with van der Waals surface area (Å²) in [6.45, 7) is 2.29. The third-order valence-corrected chi connectivity index (χ3v) is 3.09. The smallest absolute Gasteiger partial charge is 0.307 e. The highest BCUT2D eigenvalue weighted by Gasteiger charge is 2.11. The number of aliphatic imine (C=N–C) groups is 1. The van der Waals surface area contributed by atoms with E-state index in [1.807, 2.05) is 16.7 Å². The number of carbonyl (C=O) groups excluding carboxylic acids is 1. The van der Waals surface area contributed by atoms with Gasteiger partial charge in [-0.1, -0.05) is 0 Å². The number of nitrogens with zero attached hydrogens (tertiary/aromatic N) is 2. The molecular weight excluding hydrogens is 341 g/mol. The van der Waals surface area contributed by atoms with Crippen LogP contribution in [-0.4, -0.2) is 55.1 Å². The Morgan fingerprint density at radius 2 is 2.12 bits per heavy atom. The Morgan fingerprint density at radius 3 is 2.69 bits per heavy atom. The number of carbonyl (C=O) groups is 1. The summed E-state index contributed by atoms with van der Waals surface area (Å²) >= 11 is 1.92. The highest BCUT2D eigenvalue weighted by molar-refractivity contribution is 14.0. The molecule has 2 N–H and O–H groups in total. The number of nitrogens with two attached hydrogens (primary N) is 1. The molecule has 1 rings (SSSR count). The SMILES string of the molecule is COC(=O)CCN=C(N)N1CCSCC1.I. The second-order valence-corrected chi connectivity index (χ2v) is 4.39. The average molecular weight is 359 g/mol. The lowest BCUT2D eigenvalue weighted by Gasteiger charge is -2.27. The first-order valence-electron chi connectivity index (χ1n) is 4.93. The van der Waals surface area contributed by atoms with Crippen molar-refractivity contribution in [2.45, 2.75) is 6.42 Å². The van der Waals surface area contributed by atoms with E-state index in [-0.39, 0.29) is 29.9 Å². The molecule has 1 aliphatic rings. The van der Waals surface area contributed by atoms with E-state index in [1.165, 1.54) is 7.11 Å². The van der Waals surface area contributed by atoms with Gasteiger partial charge in [-0.05, 0) is 0 Å². The van der Waals surface area contributed by atoms with Gasteiger partial charge in [-0.3, -0.25) is 9.79 Å². The molecule has 1 heterocycles. The number of thioether (sulfide) groups is 1. The van der Waals surface area contributed by atoms with Crippen molar-refractivity contribution in [3.63, 3.8) is 0 Å². The molecule has 0 aliphatic carbocycles. The minimum atomic E-state index is -0.249. The molecule has 16 heavy (non-hydrogen) atoms. The zero-order valence-corrected chi connectivity index (χ0v) is 12.5. The van der Waals surface area contributed by atoms with Gasteiger partial charge < -0.3 is 15.4 Å². The second-order valence-electron chi connectivity index (χ2n) is 3.17. The molecule has 1 saturated heterocycles. The molecule has 0 atom stereocenters. The van der Waals surface area contributed by atoms with E-state index in [2.05, 4.69) is 9.73 Å². The van der Waals surface area contributed by atoms with Crippen LogP contribution < -0.4 is 5.73 Å². The lowest BCUT2D eigenvalue weighted by molar-refractivity contribution is -0.140. The van der Waals surface area contributed by atoms with E-state index in [0.717, 1.165) is 24.6 Å². The molecule has 0 unspecified atom stereocenters. The lowest BCUT2D eigenvalue weighted by Crippen LogP contribution is -2.42. The van der Waals surface area contributed by atoms with Crippen molar-refractivity contribution in [3.05, 3.63) is 0 Å². The van der Waals surface area contributed by atoms with Gasteiger partial charge in [-0.2, -0.15) is 11.8 Å². The minimum Gasteiger partial charge on any atom is -0.469 e. The summed E-state index contributed by atoms with van der Waals surface area (Å²) in [6, 6.07) is 0. The van der Waals surface area contributed by atoms with Crippen molar-refractivity contribution in [2.75, 3.05) is 38.2 Å². The van der Waals surface area contributed by atoms with Crippen LogP contribution in [0.4, 0.5) is 0 Å². The van der Waals surface area contributed by atoms with Crippen molar-refractivity contribution in [2.24, 2.45) is 10.7 Å². The average Bonchev–Trinajstić information content (AvgIpc) is 2.29. The van der Waals surface area contributed by atoms with Gasteiger partial charge in [0.15, 0.2) is 5.96 Å². The molecule has 0 aromatic carbocycles. The molecule has 0 spiro atoms. The Bertz CT molecular complexity index is 245. The Kier molecular flexibility index (Phi) is 8.81. The number of rotatable bonds is 3. The molecule has 0 bridgehead atoms. The lowest BCUT2D eigenvalue weighted by atomic mass is 10.4. The number of guanidine groups is 1. The minimum absolute atomic E-state index is 0. The van der Waals surface area contributed by atoms with Gasteiger partial charge in [0, 0.05) is 24.6 Å². The zero-order chi connectivity index (χ0) is 11.1. The van der Waals surface area contributed by atoms with Crippen molar-refractivity contribution >= 4 is 47.7 Å². The standard InChI is InChI=1S/C9H17N3O2S.HI/c1-14-8(13)2-3-11-9(10)12-4-6-15-7-5-12;/h2-7H2,1H3,(H2,10,11);1H. The summed E-state index contributed by atoms with van der Waals surface area (Å²) in [7, 11) is 1.37. The van der Waals surface area contributed by atoms with E-state index < -0.39 is 0 Å². The fourth-order valence-corrected chi connectivity index (χ4v) is 2.16. The van der Waals surface area contributed by atoms with Crippen LogP contribution in [0.5, 0.6) is 0 Å². The van der Waals surface area contributed by atoms with Crippen LogP contribution in [-0.2, 0) is 9.53 Å². The molecule has 0 aromatic rings. The highest BCUT2D eigenvalue weighted by atomic mass is 127. The summed E-state index contributed by atoms with van der Waals surface area (Å²) in [5, 5.41) is 0. The summed E-state index contributed by atoms with van der Waals surface area (Å²) in [6.07, 6.45) is 0.291. The fraction of sp³-hybridized carbons (Fsp3) is 0.778. The molecule has 0 amide bonds. The summed E-state index contributed by atoms with van der Waals surface area (Å²) in [4.78, 5) is 17.0. The number of esters is 1. The molecule has 0 radical (unpaired) electrons. The molecule has 7 heteroatoms. The Balaban J connectivity index is 0.00000225. The van der Waals surface area contributed by atoms with Gasteiger partial charge in [-0.25, -0.2) is 0 Å². The van der Waals surface area contributed by atoms with Gasteiger partial charge in [-0.15, -0.1) is 24.0 Å². The Labute approximate surface area is 117 Å². The second kappa shape index (κ2) is 8.91. The van der Waals surface area contributed by atoms with Gasteiger partial charge >= 0.3 is 5.97 Å². The van der Waals surface area contributed by atoms with E-state index in [4.69, 9.17) is 5.73 Å². The maximum atomic E-state index is 10.8. The molecule has 94 valence electrons. The quantitative estimate of drug-likeness (QED) is 0.345. The third-order valence-electron chi connectivity index (χ3n) is 2.15. The molecule has 0 saturated carbocycles. The first kappa shape index (κ1) is 15.8. The number of methoxy groups -OCH3 is 1. The predicted molar refractivity (Wildman–Crippen MR) is 77.4 cm³/mol. The van der Waals surface area contributed by atoms with Crippen LogP contribution in [0.2, 0.25) is 0 Å². The van der Waals surface area contributed by atoms with Crippen LogP contribution in [0.15, 0.2) is 4.99 Å². The normalized spacial score (nSPS) is 16.6. The largest absolute Gasteiger partial charge is 0.469 e. The van der Waals surface area contributed by atoms with E-state index in [1.54, 1.807) is 0 Å². The molecule has 1 fully saturated rings. The number of ether oxygens (including phenoxy) is 1. The first-order valence-corrected chi connectivity index (χ1v) is 6.09. The monoisotopic (exact) mass is 359 g/mol. The number of hydrogen-bond acceptors (Lipinski definition) is 4. The predicted octanol–water partition coefficient (Wildman–Crippen LogP) is 0.531. The maximum absolute atomic E-state index is 10.8. The van der Waals surface area contributed by atoms with Crippen molar-refractivity contribution in [1.29, 1.82) is 0 Å². The number of hydrogen-bond donors (Lipinski definition) is 1. The van der Waals surface area contributed by atoms with Gasteiger partial charge in [0.25, 0.3) is 0 Å². The van der Waals surface area contributed by atoms with Crippen LogP contribution in [0.3, 0.4) is 0 Å². The Morgan fingerprint density at radius 1 is 1.50 bits per heavy atom. The van der Waals surface area contributed by atoms with E-state index in [0.29, 0.717) is 18.9 Å². The van der Waals surface area contributed by atoms with Crippen LogP contribution >= 0.6 is 35.7 Å². The van der Waals surface area contributed by atoms with Gasteiger partial charge in [0.2, 0.25) is 0 Å². The van der Waals surface area contributed by atoms with Gasteiger partial charge in [0.1, 0.15) is 0 Å². The Hall–Kier alpha value is -0.180. The van der Waals surface area contributed by atoms with Crippen molar-refractivity contribution in [1.82, 2.24) is 4.90 Å². The van der Waals surface area contributed by atoms with E-state index >= 15 is 0 Å². The zero-order valence-electron chi connectivity index (χ0n) is 9.35. The van der Waals surface area contributed by atoms with Crippen molar-refractivity contribution in [3.8, 4) is 0 Å². The topological polar surface area (TPSA) is 67.9 Å². The highest BCUT2D eigenvalue weighted by Crippen LogP contribution is 2.08. The maximum Gasteiger partial charge on any atom is 0.307 e. The van der Waals surface area contributed by atoms with Crippen LogP contribution in [0.25, 0.3) is 0 Å². The summed E-state index contributed by atoms with van der Waals surface area (Å²) in [5.74, 6) is 2.47. The van der Waals surface area contributed by atoms with Crippen molar-refractivity contribution < 1.29 is 9.53 Å². The molecular formula is C9H18IN3O2S. The van der Waals surface area contributed by atoms with Crippen LogP contribution in [0.1, 0.15) is 6.42 Å². The molecule has 0 aromatic heterocycles. The molecule has 1 aliphatic heterocycles. The first-order chi connectivity index (χ1) is 7.24. The van der Waals surface area contributed by atoms with Gasteiger partial charge in [0.05, 0.1) is 20.1 Å². The molecule has 5 nitrogen and oxygen atoms in total. The summed E-state index contributed by atoms with van der Waals surface area (Å²) in [5.41, 5.74) is 5.79. The third kappa shape index (κ3) is 5.78. The van der Waals surface area contributed by atoms with E-state index in [9.17, 15) is 4.79 Å². The summed E-state index contributed by atoms with van der Waals surface area (Å²) < 4.78 is 4.51.